The van der Waals surface area contributed by atoms with E-state index in [9.17, 15) is 0 Å². The summed E-state index contributed by atoms with van der Waals surface area (Å²) in [6.07, 6.45) is 1.70. The van der Waals surface area contributed by atoms with Crippen LogP contribution >= 0.6 is 22.9 Å². The number of allylic oxidation sites excluding steroid dienone is 1. The van der Waals surface area contributed by atoms with Gasteiger partial charge in [-0.2, -0.15) is 0 Å². The Labute approximate surface area is 165 Å². The molecule has 4 rings (SSSR count). The van der Waals surface area contributed by atoms with Crippen LogP contribution < -0.4 is 16.6 Å². The number of imidazole rings is 1. The lowest BCUT2D eigenvalue weighted by atomic mass is 10.3. The van der Waals surface area contributed by atoms with E-state index < -0.39 is 0 Å². The average Bonchev–Trinajstić information content (AvgIpc) is 3.30. The second-order valence-corrected chi connectivity index (χ2v) is 7.13. The number of anilines is 1. The van der Waals surface area contributed by atoms with Crippen molar-refractivity contribution in [3.05, 3.63) is 76.3 Å². The number of nitrogens with zero attached hydrogens (tertiary/aromatic N) is 4. The smallest absolute Gasteiger partial charge is 0.161 e. The second kappa shape index (κ2) is 7.40. The monoisotopic (exact) mass is 396 g/mol. The summed E-state index contributed by atoms with van der Waals surface area (Å²) in [5.41, 5.74) is 12.2. The van der Waals surface area contributed by atoms with E-state index in [1.165, 1.54) is 16.3 Å². The highest BCUT2D eigenvalue weighted by Gasteiger charge is 2.14. The molecule has 4 aromatic rings. The largest absolute Gasteiger partial charge is 0.399 e. The van der Waals surface area contributed by atoms with Crippen molar-refractivity contribution in [1.82, 2.24) is 14.5 Å². The van der Waals surface area contributed by atoms with E-state index in [1.807, 2.05) is 46.3 Å². The Kier molecular flexibility index (Phi) is 4.81. The zero-order valence-electron chi connectivity index (χ0n) is 14.3. The third kappa shape index (κ3) is 3.66. The number of rotatable bonds is 5. The normalized spacial score (nSPS) is 11.9. The van der Waals surface area contributed by atoms with Crippen LogP contribution in [0.15, 0.2) is 71.3 Å². The van der Waals surface area contributed by atoms with Crippen molar-refractivity contribution in [2.75, 3.05) is 5.01 Å². The van der Waals surface area contributed by atoms with Gasteiger partial charge in [0.15, 0.2) is 5.82 Å². The number of para-hydroxylation sites is 2. The maximum absolute atomic E-state index is 6.29. The number of hydrazine groups is 1. The van der Waals surface area contributed by atoms with Gasteiger partial charge < -0.3 is 10.3 Å². The van der Waals surface area contributed by atoms with Gasteiger partial charge in [-0.05, 0) is 36.4 Å². The fourth-order valence-electron chi connectivity index (χ4n) is 2.84. The third-order valence-corrected chi connectivity index (χ3v) is 4.92. The predicted octanol–water partition coefficient (Wildman–Crippen LogP) is 3.99. The molecule has 2 aromatic carbocycles. The maximum atomic E-state index is 6.29. The number of nitrogens with two attached hydrogens (primary N) is 2. The first kappa shape index (κ1) is 17.5. The molecule has 2 heterocycles. The fraction of sp³-hybridized carbons (Fsp3) is 0.0526. The van der Waals surface area contributed by atoms with E-state index in [0.717, 1.165) is 28.2 Å². The minimum Gasteiger partial charge on any atom is -0.399 e. The predicted molar refractivity (Wildman–Crippen MR) is 111 cm³/mol. The molecule has 4 N–H and O–H groups in total. The van der Waals surface area contributed by atoms with Crippen LogP contribution in [0.2, 0.25) is 5.02 Å². The number of fused-ring (bicyclic) bond motifs is 1. The molecule has 0 saturated heterocycles. The highest BCUT2D eigenvalue weighted by atomic mass is 35.5. The maximum Gasteiger partial charge on any atom is 0.161 e. The number of halogens is 1. The van der Waals surface area contributed by atoms with Gasteiger partial charge in [0.05, 0.1) is 28.8 Å². The van der Waals surface area contributed by atoms with Crippen molar-refractivity contribution < 1.29 is 0 Å². The van der Waals surface area contributed by atoms with Gasteiger partial charge in [-0.15, -0.1) is 11.3 Å². The van der Waals surface area contributed by atoms with E-state index in [2.05, 4.69) is 4.98 Å². The summed E-state index contributed by atoms with van der Waals surface area (Å²) >= 11 is 7.46. The standard InChI is InChI=1S/C19H17ClN6S/c20-13-5-7-15(8-6-13)26(22)10-14(21)9-25-18-4-2-1-3-16(18)24-19(25)17-11-27-12-23-17/h1-8,10-12H,9,21-22H2/b14-10-. The van der Waals surface area contributed by atoms with Crippen LogP contribution in [0, 0.1) is 0 Å². The fourth-order valence-corrected chi connectivity index (χ4v) is 3.50. The SMILES string of the molecule is N/C(=C\N(N)c1ccc(Cl)cc1)Cn1c(-c2cscn2)nc2ccccc21. The molecule has 136 valence electrons. The molecule has 27 heavy (non-hydrogen) atoms. The van der Waals surface area contributed by atoms with Crippen LogP contribution in [0.1, 0.15) is 0 Å². The van der Waals surface area contributed by atoms with Crippen LogP contribution in [0.25, 0.3) is 22.6 Å². The molecule has 0 aliphatic rings. The summed E-state index contributed by atoms with van der Waals surface area (Å²) in [7, 11) is 0. The minimum atomic E-state index is 0.439. The number of hydrogen-bond acceptors (Lipinski definition) is 6. The van der Waals surface area contributed by atoms with Crippen molar-refractivity contribution in [3.63, 3.8) is 0 Å². The van der Waals surface area contributed by atoms with E-state index in [1.54, 1.807) is 23.8 Å². The average molecular weight is 397 g/mol. The molecule has 0 amide bonds. The van der Waals surface area contributed by atoms with Crippen LogP contribution in [-0.2, 0) is 6.54 Å². The summed E-state index contributed by atoms with van der Waals surface area (Å²) in [5, 5.41) is 4.11. The summed E-state index contributed by atoms with van der Waals surface area (Å²) < 4.78 is 2.05. The summed E-state index contributed by atoms with van der Waals surface area (Å²) in [4.78, 5) is 9.11. The Bertz CT molecular complexity index is 1090. The van der Waals surface area contributed by atoms with Gasteiger partial charge in [-0.3, -0.25) is 5.01 Å². The molecule has 6 nitrogen and oxygen atoms in total. The van der Waals surface area contributed by atoms with Crippen molar-refractivity contribution in [2.24, 2.45) is 11.6 Å². The lowest BCUT2D eigenvalue weighted by Gasteiger charge is -2.16. The molecule has 0 bridgehead atoms. The van der Waals surface area contributed by atoms with Gasteiger partial charge in [-0.1, -0.05) is 23.7 Å². The van der Waals surface area contributed by atoms with Gasteiger partial charge in [-0.25, -0.2) is 15.8 Å². The van der Waals surface area contributed by atoms with Crippen LogP contribution in [0.5, 0.6) is 0 Å². The molecule has 0 atom stereocenters. The summed E-state index contributed by atoms with van der Waals surface area (Å²) in [6, 6.07) is 15.2. The lowest BCUT2D eigenvalue weighted by molar-refractivity contribution is 0.797. The van der Waals surface area contributed by atoms with E-state index in [4.69, 9.17) is 28.2 Å². The molecule has 0 aliphatic carbocycles. The first-order chi connectivity index (χ1) is 13.1. The van der Waals surface area contributed by atoms with Gasteiger partial charge in [0.2, 0.25) is 0 Å². The number of aromatic nitrogens is 3. The highest BCUT2D eigenvalue weighted by molar-refractivity contribution is 7.07. The minimum absolute atomic E-state index is 0.439. The molecule has 2 aromatic heterocycles. The molecule has 0 fully saturated rings. The second-order valence-electron chi connectivity index (χ2n) is 5.97. The number of hydrogen-bond donors (Lipinski definition) is 2. The molecule has 0 radical (unpaired) electrons. The van der Waals surface area contributed by atoms with E-state index >= 15 is 0 Å². The Morgan fingerprint density at radius 3 is 2.70 bits per heavy atom. The van der Waals surface area contributed by atoms with Crippen LogP contribution in [0.4, 0.5) is 5.69 Å². The van der Waals surface area contributed by atoms with Gasteiger partial charge in [0, 0.05) is 22.3 Å². The Balaban J connectivity index is 1.68. The van der Waals surface area contributed by atoms with Crippen molar-refractivity contribution >= 4 is 39.7 Å². The van der Waals surface area contributed by atoms with E-state index in [-0.39, 0.29) is 0 Å². The van der Waals surface area contributed by atoms with Gasteiger partial charge >= 0.3 is 0 Å². The highest BCUT2D eigenvalue weighted by Crippen LogP contribution is 2.25. The zero-order valence-corrected chi connectivity index (χ0v) is 15.9. The molecular weight excluding hydrogens is 380 g/mol. The Hall–Kier alpha value is -2.87. The van der Waals surface area contributed by atoms with Crippen molar-refractivity contribution in [2.45, 2.75) is 6.54 Å². The van der Waals surface area contributed by atoms with E-state index in [0.29, 0.717) is 17.3 Å². The zero-order chi connectivity index (χ0) is 18.8. The third-order valence-electron chi connectivity index (χ3n) is 4.09. The number of thiazole rings is 1. The van der Waals surface area contributed by atoms with Gasteiger partial charge in [0.1, 0.15) is 5.69 Å². The van der Waals surface area contributed by atoms with Crippen LogP contribution in [0.3, 0.4) is 0 Å². The lowest BCUT2D eigenvalue weighted by Crippen LogP contribution is -2.26. The van der Waals surface area contributed by atoms with Crippen molar-refractivity contribution in [1.29, 1.82) is 0 Å². The molecule has 0 unspecified atom stereocenters. The van der Waals surface area contributed by atoms with Crippen LogP contribution in [-0.4, -0.2) is 14.5 Å². The molecule has 0 spiro atoms. The Morgan fingerprint density at radius 1 is 1.19 bits per heavy atom. The topological polar surface area (TPSA) is 86.0 Å². The quantitative estimate of drug-likeness (QED) is 0.393. The molecular formula is C19H17ClN6S. The van der Waals surface area contributed by atoms with Crippen molar-refractivity contribution in [3.8, 4) is 11.5 Å². The Morgan fingerprint density at radius 2 is 1.96 bits per heavy atom. The summed E-state index contributed by atoms with van der Waals surface area (Å²) in [5.74, 6) is 6.90. The first-order valence-electron chi connectivity index (χ1n) is 8.21. The molecule has 0 aliphatic heterocycles. The first-order valence-corrected chi connectivity index (χ1v) is 9.53. The van der Waals surface area contributed by atoms with Gasteiger partial charge in [0.25, 0.3) is 0 Å². The summed E-state index contributed by atoms with van der Waals surface area (Å²) in [6.45, 7) is 0.439. The number of benzene rings is 2. The molecule has 8 heteroatoms. The molecule has 0 saturated carbocycles.